The van der Waals surface area contributed by atoms with Crippen molar-refractivity contribution in [2.24, 2.45) is 4.99 Å². The Morgan fingerprint density at radius 1 is 1.07 bits per heavy atom. The lowest BCUT2D eigenvalue weighted by molar-refractivity contribution is 0.0688. The summed E-state index contributed by atoms with van der Waals surface area (Å²) in [6.45, 7) is 1.34. The molecule has 2 aromatic rings. The van der Waals surface area contributed by atoms with Gasteiger partial charge in [-0.15, -0.1) is 0 Å². The van der Waals surface area contributed by atoms with Gasteiger partial charge in [-0.1, -0.05) is 31.0 Å². The van der Waals surface area contributed by atoms with Crippen LogP contribution in [0, 0.1) is 0 Å². The van der Waals surface area contributed by atoms with Crippen LogP contribution in [0.1, 0.15) is 49.0 Å². The summed E-state index contributed by atoms with van der Waals surface area (Å²) in [6, 6.07) is 14.1. The van der Waals surface area contributed by atoms with Gasteiger partial charge >= 0.3 is 0 Å². The Morgan fingerprint density at radius 3 is 2.66 bits per heavy atom. The number of hydrogen-bond acceptors (Lipinski definition) is 4. The summed E-state index contributed by atoms with van der Waals surface area (Å²) in [5.74, 6) is 0.979. The van der Waals surface area contributed by atoms with Crippen LogP contribution in [0.5, 0.6) is 0 Å². The summed E-state index contributed by atoms with van der Waals surface area (Å²) < 4.78 is 0. The van der Waals surface area contributed by atoms with Crippen molar-refractivity contribution in [2.45, 2.75) is 50.1 Å². The van der Waals surface area contributed by atoms with Gasteiger partial charge in [-0.25, -0.2) is 0 Å². The molecule has 2 N–H and O–H groups in total. The fourth-order valence-corrected chi connectivity index (χ4v) is 4.81. The molecule has 29 heavy (non-hydrogen) atoms. The molecule has 2 aliphatic heterocycles. The maximum absolute atomic E-state index is 13.1. The highest BCUT2D eigenvalue weighted by Gasteiger charge is 2.45. The van der Waals surface area contributed by atoms with Crippen molar-refractivity contribution in [1.29, 1.82) is 0 Å². The first-order valence-corrected chi connectivity index (χ1v) is 10.7. The number of likely N-dealkylation sites (tertiary alicyclic amines) is 1. The van der Waals surface area contributed by atoms with Crippen molar-refractivity contribution >= 4 is 23.1 Å². The summed E-state index contributed by atoms with van der Waals surface area (Å²) in [5.41, 5.74) is 2.26. The highest BCUT2D eigenvalue weighted by Crippen LogP contribution is 2.37. The van der Waals surface area contributed by atoms with Crippen LogP contribution in [-0.2, 0) is 0 Å². The minimum Gasteiger partial charge on any atom is -0.370 e. The molecule has 2 fully saturated rings. The quantitative estimate of drug-likeness (QED) is 0.816. The van der Waals surface area contributed by atoms with E-state index in [9.17, 15) is 4.79 Å². The van der Waals surface area contributed by atoms with E-state index < -0.39 is 0 Å². The molecular weight excluding hydrogens is 362 g/mol. The second-order valence-electron chi connectivity index (χ2n) is 8.34. The van der Waals surface area contributed by atoms with Gasteiger partial charge in [0.05, 0.1) is 24.0 Å². The number of fused-ring (bicyclic) bond motifs is 1. The molecule has 1 aromatic heterocycles. The van der Waals surface area contributed by atoms with Gasteiger partial charge in [0.2, 0.25) is 0 Å². The molecule has 0 bridgehead atoms. The van der Waals surface area contributed by atoms with Gasteiger partial charge in [-0.2, -0.15) is 0 Å². The van der Waals surface area contributed by atoms with E-state index in [2.05, 4.69) is 27.8 Å². The van der Waals surface area contributed by atoms with Crippen LogP contribution in [0.3, 0.4) is 0 Å². The molecule has 6 nitrogen and oxygen atoms in total. The van der Waals surface area contributed by atoms with Crippen LogP contribution in [0.15, 0.2) is 53.7 Å². The van der Waals surface area contributed by atoms with Gasteiger partial charge in [-0.3, -0.25) is 14.8 Å². The Labute approximate surface area is 171 Å². The normalized spacial score (nSPS) is 25.5. The van der Waals surface area contributed by atoms with E-state index in [4.69, 9.17) is 4.99 Å². The van der Waals surface area contributed by atoms with Gasteiger partial charge in [0, 0.05) is 12.7 Å². The summed E-state index contributed by atoms with van der Waals surface area (Å²) in [6.07, 6.45) is 8.37. The van der Waals surface area contributed by atoms with Crippen LogP contribution >= 0.6 is 0 Å². The molecule has 150 valence electrons. The average Bonchev–Trinajstić information content (AvgIpc) is 3.28. The van der Waals surface area contributed by atoms with Crippen molar-refractivity contribution in [1.82, 2.24) is 9.88 Å². The topological polar surface area (TPSA) is 69.6 Å². The maximum atomic E-state index is 13.1. The fraction of sp³-hybridized carbons (Fsp3) is 0.435. The third kappa shape index (κ3) is 3.48. The van der Waals surface area contributed by atoms with E-state index in [1.165, 1.54) is 12.8 Å². The summed E-state index contributed by atoms with van der Waals surface area (Å²) in [4.78, 5) is 24.5. The molecular formula is C23H27N5O. The van der Waals surface area contributed by atoms with E-state index >= 15 is 0 Å². The van der Waals surface area contributed by atoms with E-state index in [0.29, 0.717) is 18.3 Å². The van der Waals surface area contributed by atoms with Crippen LogP contribution in [0.25, 0.3) is 0 Å². The number of rotatable bonds is 2. The van der Waals surface area contributed by atoms with E-state index in [0.717, 1.165) is 49.4 Å². The van der Waals surface area contributed by atoms with Crippen molar-refractivity contribution in [2.75, 3.05) is 23.7 Å². The second kappa shape index (κ2) is 7.50. The van der Waals surface area contributed by atoms with Gasteiger partial charge < -0.3 is 15.5 Å². The van der Waals surface area contributed by atoms with Crippen LogP contribution in [-0.4, -0.2) is 46.3 Å². The monoisotopic (exact) mass is 389 g/mol. The zero-order valence-electron chi connectivity index (χ0n) is 16.6. The van der Waals surface area contributed by atoms with Crippen molar-refractivity contribution in [3.63, 3.8) is 0 Å². The number of benzene rings is 1. The van der Waals surface area contributed by atoms with E-state index in [1.807, 2.05) is 29.2 Å². The number of hydrogen-bond donors (Lipinski definition) is 2. The number of aromatic nitrogens is 1. The highest BCUT2D eigenvalue weighted by atomic mass is 16.2. The molecule has 0 unspecified atom stereocenters. The number of para-hydroxylation sites is 2. The zero-order chi connectivity index (χ0) is 19.7. The Balaban J connectivity index is 1.48. The number of carbonyl (C=O) groups is 1. The summed E-state index contributed by atoms with van der Waals surface area (Å²) in [5, 5.41) is 7.38. The number of nitrogens with zero attached hydrogens (tertiary/aromatic N) is 3. The summed E-state index contributed by atoms with van der Waals surface area (Å²) >= 11 is 0. The predicted molar refractivity (Wildman–Crippen MR) is 115 cm³/mol. The summed E-state index contributed by atoms with van der Waals surface area (Å²) in [7, 11) is 0. The number of amidine groups is 1. The first-order chi connectivity index (χ1) is 14.2. The van der Waals surface area contributed by atoms with Crippen molar-refractivity contribution < 1.29 is 4.79 Å². The van der Waals surface area contributed by atoms with E-state index in [1.54, 1.807) is 12.3 Å². The number of pyridine rings is 1. The number of piperidine rings is 1. The molecule has 1 amide bonds. The molecule has 1 atom stereocenters. The number of amides is 1. The third-order valence-corrected chi connectivity index (χ3v) is 6.31. The smallest absolute Gasteiger partial charge is 0.272 e. The minimum absolute atomic E-state index is 0.00875. The molecule has 1 aliphatic carbocycles. The Kier molecular flexibility index (Phi) is 4.70. The largest absolute Gasteiger partial charge is 0.370 e. The van der Waals surface area contributed by atoms with Crippen LogP contribution in [0.4, 0.5) is 11.4 Å². The van der Waals surface area contributed by atoms with Gasteiger partial charge in [0.1, 0.15) is 17.1 Å². The molecule has 5 rings (SSSR count). The number of aliphatic imine (C=N–C) groups is 1. The molecule has 0 radical (unpaired) electrons. The maximum Gasteiger partial charge on any atom is 0.272 e. The zero-order valence-corrected chi connectivity index (χ0v) is 16.6. The van der Waals surface area contributed by atoms with Crippen molar-refractivity contribution in [3.8, 4) is 0 Å². The predicted octanol–water partition coefficient (Wildman–Crippen LogP) is 3.94. The molecule has 1 saturated carbocycles. The van der Waals surface area contributed by atoms with Gasteiger partial charge in [-0.05, 0) is 49.9 Å². The number of anilines is 2. The highest BCUT2D eigenvalue weighted by molar-refractivity contribution is 6.10. The second-order valence-corrected chi connectivity index (χ2v) is 8.34. The third-order valence-electron chi connectivity index (χ3n) is 6.31. The number of carbonyl (C=O) groups excluding carboxylic acids is 1. The number of nitrogens with one attached hydrogen (secondary N) is 2. The van der Waals surface area contributed by atoms with Gasteiger partial charge in [0.15, 0.2) is 0 Å². The van der Waals surface area contributed by atoms with Crippen molar-refractivity contribution in [3.05, 3.63) is 54.4 Å². The minimum atomic E-state index is -0.375. The molecule has 3 aliphatic rings. The molecule has 6 heteroatoms. The Bertz CT molecular complexity index is 922. The Morgan fingerprint density at radius 2 is 1.86 bits per heavy atom. The van der Waals surface area contributed by atoms with Crippen LogP contribution < -0.4 is 10.6 Å². The van der Waals surface area contributed by atoms with E-state index in [-0.39, 0.29) is 11.4 Å². The average molecular weight is 390 g/mol. The standard InChI is InChI=1S/C23H27N5O/c29-21(20-12-5-6-14-24-20)28-15-7-13-23(16-28)22(25-17-8-1-2-9-17)26-18-10-3-4-11-19(18)27-23/h3-6,10-12,14,17,27H,1-2,7-9,13,15-16H2,(H,25,26)/t23-/m0/s1. The molecule has 3 heterocycles. The first kappa shape index (κ1) is 18.2. The molecule has 1 spiro atoms. The SMILES string of the molecule is O=C(c1ccccn1)N1CCC[C@@]2(C1)Nc1ccccc1NC2=NC1CCCC1. The Hall–Kier alpha value is -2.89. The molecule has 1 saturated heterocycles. The fourth-order valence-electron chi connectivity index (χ4n) is 4.81. The first-order valence-electron chi connectivity index (χ1n) is 10.7. The van der Waals surface area contributed by atoms with Gasteiger partial charge in [0.25, 0.3) is 5.91 Å². The lowest BCUT2D eigenvalue weighted by Crippen LogP contribution is -2.62. The molecule has 1 aromatic carbocycles. The lowest BCUT2D eigenvalue weighted by atomic mass is 9.84. The van der Waals surface area contributed by atoms with Crippen LogP contribution in [0.2, 0.25) is 0 Å². The lowest BCUT2D eigenvalue weighted by Gasteiger charge is -2.47.